The number of ether oxygens (including phenoxy) is 2. The fourth-order valence-corrected chi connectivity index (χ4v) is 3.35. The topological polar surface area (TPSA) is 122 Å². The van der Waals surface area contributed by atoms with Crippen LogP contribution in [-0.2, 0) is 16.1 Å². The fourth-order valence-electron chi connectivity index (χ4n) is 3.35. The highest BCUT2D eigenvalue weighted by Gasteiger charge is 2.36. The molecule has 2 aliphatic rings. The van der Waals surface area contributed by atoms with Gasteiger partial charge < -0.3 is 24.4 Å². The van der Waals surface area contributed by atoms with Gasteiger partial charge in [0.15, 0.2) is 0 Å². The largest absolute Gasteiger partial charge is 0.457 e. The summed E-state index contributed by atoms with van der Waals surface area (Å²) in [5.74, 6) is -0.585. The van der Waals surface area contributed by atoms with Crippen LogP contribution in [0.1, 0.15) is 36.7 Å². The second-order valence-corrected chi connectivity index (χ2v) is 7.79. The van der Waals surface area contributed by atoms with Crippen LogP contribution < -0.4 is 4.90 Å². The van der Waals surface area contributed by atoms with Crippen LogP contribution in [0.5, 0.6) is 0 Å². The molecule has 0 aromatic heterocycles. The zero-order valence-electron chi connectivity index (χ0n) is 16.0. The van der Waals surface area contributed by atoms with E-state index in [0.717, 1.165) is 0 Å². The Labute approximate surface area is 161 Å². The number of aliphatic hydroxyl groups excluding tert-OH is 1. The van der Waals surface area contributed by atoms with E-state index in [4.69, 9.17) is 9.47 Å². The van der Waals surface area contributed by atoms with Crippen molar-refractivity contribution in [3.8, 4) is 0 Å². The van der Waals surface area contributed by atoms with Gasteiger partial charge in [-0.05, 0) is 26.8 Å². The number of cyclic esters (lactones) is 1. The van der Waals surface area contributed by atoms with Crippen molar-refractivity contribution in [2.24, 2.45) is 0 Å². The first kappa shape index (κ1) is 19.9. The number of amides is 1. The molecule has 1 unspecified atom stereocenters. The van der Waals surface area contributed by atoms with Crippen molar-refractivity contribution in [1.82, 2.24) is 4.90 Å². The molecule has 10 heteroatoms. The molecule has 0 aliphatic carbocycles. The maximum absolute atomic E-state index is 12.3. The van der Waals surface area contributed by atoms with Gasteiger partial charge >= 0.3 is 12.1 Å². The van der Waals surface area contributed by atoms with Gasteiger partial charge in [0.25, 0.3) is 5.69 Å². The number of carbonyl (C=O) groups is 2. The van der Waals surface area contributed by atoms with Crippen LogP contribution in [0.2, 0.25) is 0 Å². The van der Waals surface area contributed by atoms with E-state index in [1.807, 2.05) is 0 Å². The van der Waals surface area contributed by atoms with Gasteiger partial charge in [0, 0.05) is 31.3 Å². The molecule has 152 valence electrons. The minimum absolute atomic E-state index is 0.0564. The van der Waals surface area contributed by atoms with Crippen molar-refractivity contribution in [3.63, 3.8) is 0 Å². The Morgan fingerprint density at radius 3 is 2.71 bits per heavy atom. The quantitative estimate of drug-likeness (QED) is 0.468. The van der Waals surface area contributed by atoms with E-state index in [1.165, 1.54) is 11.0 Å². The number of anilines is 1. The maximum Gasteiger partial charge on any atom is 0.410 e. The van der Waals surface area contributed by atoms with Crippen molar-refractivity contribution in [1.29, 1.82) is 0 Å². The standard InChI is InChI=1S/C18H23N3O7/c1-18(2,3)28-17(24)19-4-5-20(12(8-19)9-22)14-6-11-10-27-16(23)13(11)7-15(14)21(25)26/h6-7,12,22H,4-5,8-10H2,1-3H3. The Bertz CT molecular complexity index is 818. The molecular formula is C18H23N3O7. The minimum atomic E-state index is -0.645. The summed E-state index contributed by atoms with van der Waals surface area (Å²) in [5.41, 5.74) is 0.167. The number of aliphatic hydroxyl groups is 1. The molecule has 1 aromatic rings. The van der Waals surface area contributed by atoms with Crippen LogP contribution in [0, 0.1) is 10.1 Å². The molecule has 1 saturated heterocycles. The smallest absolute Gasteiger partial charge is 0.410 e. The van der Waals surface area contributed by atoms with Gasteiger partial charge in [0.2, 0.25) is 0 Å². The van der Waals surface area contributed by atoms with Crippen LogP contribution in [0.3, 0.4) is 0 Å². The third kappa shape index (κ3) is 3.86. The number of piperazine rings is 1. The molecule has 2 aliphatic heterocycles. The summed E-state index contributed by atoms with van der Waals surface area (Å²) in [6, 6.07) is 2.23. The normalized spacial score (nSPS) is 19.3. The van der Waals surface area contributed by atoms with Crippen molar-refractivity contribution in [2.75, 3.05) is 31.1 Å². The van der Waals surface area contributed by atoms with Crippen molar-refractivity contribution in [3.05, 3.63) is 33.4 Å². The van der Waals surface area contributed by atoms with E-state index < -0.39 is 28.6 Å². The van der Waals surface area contributed by atoms with Crippen molar-refractivity contribution >= 4 is 23.4 Å². The summed E-state index contributed by atoms with van der Waals surface area (Å²) >= 11 is 0. The van der Waals surface area contributed by atoms with Crippen molar-refractivity contribution in [2.45, 2.75) is 39.0 Å². The predicted octanol–water partition coefficient (Wildman–Crippen LogP) is 1.68. The summed E-state index contributed by atoms with van der Waals surface area (Å²) in [6.07, 6.45) is -0.493. The monoisotopic (exact) mass is 393 g/mol. The molecule has 0 saturated carbocycles. The molecule has 0 spiro atoms. The number of hydrogen-bond acceptors (Lipinski definition) is 8. The summed E-state index contributed by atoms with van der Waals surface area (Å²) in [7, 11) is 0. The van der Waals surface area contributed by atoms with E-state index in [0.29, 0.717) is 11.3 Å². The van der Waals surface area contributed by atoms with Gasteiger partial charge in [-0.2, -0.15) is 0 Å². The van der Waals surface area contributed by atoms with Crippen LogP contribution in [0.25, 0.3) is 0 Å². The van der Waals surface area contributed by atoms with Gasteiger partial charge in [-0.3, -0.25) is 10.1 Å². The number of esters is 1. The zero-order valence-corrected chi connectivity index (χ0v) is 16.0. The Morgan fingerprint density at radius 1 is 1.39 bits per heavy atom. The lowest BCUT2D eigenvalue weighted by molar-refractivity contribution is -0.384. The van der Waals surface area contributed by atoms with E-state index in [-0.39, 0.29) is 44.1 Å². The number of hydrogen-bond donors (Lipinski definition) is 1. The summed E-state index contributed by atoms with van der Waals surface area (Å²) in [4.78, 5) is 38.2. The average molecular weight is 393 g/mol. The molecule has 1 aromatic carbocycles. The third-order valence-electron chi connectivity index (χ3n) is 4.63. The minimum Gasteiger partial charge on any atom is -0.457 e. The molecule has 1 fully saturated rings. The number of benzene rings is 1. The zero-order chi connectivity index (χ0) is 20.6. The third-order valence-corrected chi connectivity index (χ3v) is 4.63. The molecule has 0 radical (unpaired) electrons. The Hall–Kier alpha value is -2.88. The maximum atomic E-state index is 12.3. The number of rotatable bonds is 3. The van der Waals surface area contributed by atoms with Crippen LogP contribution >= 0.6 is 0 Å². The lowest BCUT2D eigenvalue weighted by Crippen LogP contribution is -2.57. The fraction of sp³-hybridized carbons (Fsp3) is 0.556. The van der Waals surface area contributed by atoms with Gasteiger partial charge in [-0.15, -0.1) is 0 Å². The second-order valence-electron chi connectivity index (χ2n) is 7.79. The molecule has 1 amide bonds. The van der Waals surface area contributed by atoms with Gasteiger partial charge in [-0.1, -0.05) is 0 Å². The summed E-state index contributed by atoms with van der Waals surface area (Å²) in [5, 5.41) is 21.4. The molecule has 10 nitrogen and oxygen atoms in total. The van der Waals surface area contributed by atoms with Crippen LogP contribution in [0.15, 0.2) is 12.1 Å². The van der Waals surface area contributed by atoms with Crippen LogP contribution in [0.4, 0.5) is 16.2 Å². The lowest BCUT2D eigenvalue weighted by atomic mass is 10.0. The van der Waals surface area contributed by atoms with Crippen LogP contribution in [-0.4, -0.2) is 64.9 Å². The highest BCUT2D eigenvalue weighted by Crippen LogP contribution is 2.36. The molecule has 28 heavy (non-hydrogen) atoms. The number of fused-ring (bicyclic) bond motifs is 1. The first-order valence-electron chi connectivity index (χ1n) is 8.94. The molecule has 1 atom stereocenters. The van der Waals surface area contributed by atoms with Crippen molar-refractivity contribution < 1.29 is 29.1 Å². The van der Waals surface area contributed by atoms with E-state index in [1.54, 1.807) is 31.7 Å². The number of nitrogens with zero attached hydrogens (tertiary/aromatic N) is 3. The number of carbonyl (C=O) groups excluding carboxylic acids is 2. The predicted molar refractivity (Wildman–Crippen MR) is 98.2 cm³/mol. The highest BCUT2D eigenvalue weighted by atomic mass is 16.6. The van der Waals surface area contributed by atoms with E-state index >= 15 is 0 Å². The first-order valence-corrected chi connectivity index (χ1v) is 8.94. The second kappa shape index (κ2) is 7.27. The molecule has 0 bridgehead atoms. The first-order chi connectivity index (χ1) is 13.1. The van der Waals surface area contributed by atoms with E-state index in [2.05, 4.69) is 0 Å². The number of nitro groups is 1. The molecule has 2 heterocycles. The molecule has 3 rings (SSSR count). The van der Waals surface area contributed by atoms with Gasteiger partial charge in [0.05, 0.1) is 23.1 Å². The van der Waals surface area contributed by atoms with E-state index in [9.17, 15) is 24.8 Å². The summed E-state index contributed by atoms with van der Waals surface area (Å²) < 4.78 is 10.3. The van der Waals surface area contributed by atoms with Gasteiger partial charge in [-0.25, -0.2) is 9.59 Å². The Kier molecular flexibility index (Phi) is 5.16. The molecule has 1 N–H and O–H groups in total. The Morgan fingerprint density at radius 2 is 2.11 bits per heavy atom. The lowest BCUT2D eigenvalue weighted by Gasteiger charge is -2.41. The number of nitro benzene ring substituents is 1. The summed E-state index contributed by atoms with van der Waals surface area (Å²) in [6.45, 7) is 5.78. The highest BCUT2D eigenvalue weighted by molar-refractivity contribution is 5.95. The van der Waals surface area contributed by atoms with Gasteiger partial charge in [0.1, 0.15) is 17.9 Å². The SMILES string of the molecule is CC(C)(C)OC(=O)N1CCN(c2cc3c(cc2[N+](=O)[O-])C(=O)OC3)C(CO)C1. The average Bonchev–Trinajstić information content (AvgIpc) is 2.99. The molecular weight excluding hydrogens is 370 g/mol. The Balaban J connectivity index is 1.87.